The maximum absolute atomic E-state index is 12.2. The van der Waals surface area contributed by atoms with Crippen molar-refractivity contribution in [1.82, 2.24) is 5.32 Å². The molecule has 1 N–H and O–H groups in total. The fourth-order valence-electron chi connectivity index (χ4n) is 2.63. The summed E-state index contributed by atoms with van der Waals surface area (Å²) in [5, 5.41) is 13.9. The summed E-state index contributed by atoms with van der Waals surface area (Å²) in [4.78, 5) is 22.6. The zero-order valence-electron chi connectivity index (χ0n) is 11.4. The van der Waals surface area contributed by atoms with Gasteiger partial charge in [-0.05, 0) is 31.2 Å². The van der Waals surface area contributed by atoms with Gasteiger partial charge in [0.1, 0.15) is 5.56 Å². The van der Waals surface area contributed by atoms with Crippen molar-refractivity contribution in [3.63, 3.8) is 0 Å². The molecule has 0 saturated heterocycles. The Labute approximate surface area is 132 Å². The maximum atomic E-state index is 12.2. The number of rotatable bonds is 4. The van der Waals surface area contributed by atoms with Gasteiger partial charge >= 0.3 is 0 Å². The highest BCUT2D eigenvalue weighted by Gasteiger charge is 2.25. The molecule has 5 nitrogen and oxygen atoms in total. The predicted octanol–water partition coefficient (Wildman–Crippen LogP) is 3.78. The van der Waals surface area contributed by atoms with E-state index in [1.807, 2.05) is 0 Å². The van der Waals surface area contributed by atoms with Crippen molar-refractivity contribution in [2.24, 2.45) is 5.92 Å². The van der Waals surface area contributed by atoms with Crippen LogP contribution in [0.5, 0.6) is 0 Å². The van der Waals surface area contributed by atoms with E-state index < -0.39 is 10.8 Å². The Kier molecular flexibility index (Phi) is 5.42. The zero-order valence-corrected chi connectivity index (χ0v) is 12.9. The molecule has 2 unspecified atom stereocenters. The Morgan fingerprint density at radius 2 is 2.19 bits per heavy atom. The van der Waals surface area contributed by atoms with Crippen molar-refractivity contribution in [2.75, 3.05) is 6.54 Å². The van der Waals surface area contributed by atoms with Gasteiger partial charge in [0.2, 0.25) is 0 Å². The van der Waals surface area contributed by atoms with Crippen molar-refractivity contribution < 1.29 is 9.72 Å². The van der Waals surface area contributed by atoms with Crippen LogP contribution >= 0.6 is 23.2 Å². The second-order valence-corrected chi connectivity index (χ2v) is 6.26. The van der Waals surface area contributed by atoms with E-state index in [4.69, 9.17) is 23.2 Å². The molecule has 1 aromatic rings. The average molecular weight is 331 g/mol. The van der Waals surface area contributed by atoms with Crippen LogP contribution in [0.25, 0.3) is 0 Å². The second kappa shape index (κ2) is 7.09. The lowest BCUT2D eigenvalue weighted by atomic mass is 9.89. The van der Waals surface area contributed by atoms with Crippen molar-refractivity contribution in [2.45, 2.75) is 31.1 Å². The van der Waals surface area contributed by atoms with Gasteiger partial charge in [0.25, 0.3) is 11.6 Å². The summed E-state index contributed by atoms with van der Waals surface area (Å²) in [5.74, 6) is -0.198. The molecule has 114 valence electrons. The van der Waals surface area contributed by atoms with E-state index >= 15 is 0 Å². The number of hydrogen-bond donors (Lipinski definition) is 1. The molecule has 21 heavy (non-hydrogen) atoms. The van der Waals surface area contributed by atoms with Crippen molar-refractivity contribution in [3.05, 3.63) is 38.9 Å². The lowest BCUT2D eigenvalue weighted by molar-refractivity contribution is -0.385. The number of nitrogens with zero attached hydrogens (tertiary/aromatic N) is 1. The van der Waals surface area contributed by atoms with Crippen molar-refractivity contribution in [3.8, 4) is 0 Å². The van der Waals surface area contributed by atoms with Crippen LogP contribution < -0.4 is 5.32 Å². The third kappa shape index (κ3) is 4.08. The van der Waals surface area contributed by atoms with Gasteiger partial charge in [-0.25, -0.2) is 0 Å². The van der Waals surface area contributed by atoms with E-state index in [0.29, 0.717) is 12.5 Å². The van der Waals surface area contributed by atoms with E-state index in [0.717, 1.165) is 25.7 Å². The Morgan fingerprint density at radius 3 is 2.86 bits per heavy atom. The fraction of sp³-hybridized carbons (Fsp3) is 0.500. The highest BCUT2D eigenvalue weighted by Crippen LogP contribution is 2.28. The lowest BCUT2D eigenvalue weighted by Gasteiger charge is -2.25. The number of carbonyl (C=O) groups excluding carboxylic acids is 1. The molecule has 1 aliphatic rings. The van der Waals surface area contributed by atoms with Gasteiger partial charge < -0.3 is 5.32 Å². The SMILES string of the molecule is O=C(NCC1CCCC(Cl)C1)c1c(Cl)cccc1[N+](=O)[O-]. The molecule has 1 aromatic carbocycles. The van der Waals surface area contributed by atoms with Gasteiger partial charge in [-0.3, -0.25) is 14.9 Å². The van der Waals surface area contributed by atoms with Crippen molar-refractivity contribution >= 4 is 34.8 Å². The van der Waals surface area contributed by atoms with E-state index in [1.165, 1.54) is 18.2 Å². The molecule has 1 saturated carbocycles. The number of nitro groups is 1. The minimum absolute atomic E-state index is 0.0811. The molecule has 1 amide bonds. The number of carbonyl (C=O) groups is 1. The van der Waals surface area contributed by atoms with Gasteiger partial charge in [0.05, 0.1) is 9.95 Å². The smallest absolute Gasteiger partial charge is 0.283 e. The van der Waals surface area contributed by atoms with Crippen LogP contribution in [0.3, 0.4) is 0 Å². The first-order valence-electron chi connectivity index (χ1n) is 6.84. The van der Waals surface area contributed by atoms with Crippen LogP contribution in [0, 0.1) is 16.0 Å². The summed E-state index contributed by atoms with van der Waals surface area (Å²) < 4.78 is 0. The third-order valence-corrected chi connectivity index (χ3v) is 4.40. The summed E-state index contributed by atoms with van der Waals surface area (Å²) in [6.07, 6.45) is 3.91. The standard InChI is InChI=1S/C14H16Cl2N2O3/c15-10-4-1-3-9(7-10)8-17-14(19)13-11(16)5-2-6-12(13)18(20)21/h2,5-6,9-10H,1,3-4,7-8H2,(H,17,19). The second-order valence-electron chi connectivity index (χ2n) is 5.23. The molecule has 1 aliphatic carbocycles. The minimum atomic E-state index is -0.601. The lowest BCUT2D eigenvalue weighted by Crippen LogP contribution is -2.32. The van der Waals surface area contributed by atoms with Crippen LogP contribution in [0.2, 0.25) is 5.02 Å². The summed E-state index contributed by atoms with van der Waals surface area (Å²) in [5.41, 5.74) is -0.360. The van der Waals surface area contributed by atoms with Crippen LogP contribution in [0.1, 0.15) is 36.0 Å². The Balaban J connectivity index is 2.05. The predicted molar refractivity (Wildman–Crippen MR) is 82.0 cm³/mol. The molecule has 0 spiro atoms. The number of nitro benzene ring substituents is 1. The van der Waals surface area contributed by atoms with E-state index in [9.17, 15) is 14.9 Å². The highest BCUT2D eigenvalue weighted by molar-refractivity contribution is 6.34. The average Bonchev–Trinajstić information content (AvgIpc) is 2.44. The number of alkyl halides is 1. The first kappa shape index (κ1) is 16.0. The number of amides is 1. The summed E-state index contributed by atoms with van der Waals surface area (Å²) in [6.45, 7) is 0.463. The first-order chi connectivity index (χ1) is 9.99. The van der Waals surface area contributed by atoms with E-state index in [1.54, 1.807) is 0 Å². The molecule has 2 atom stereocenters. The molecule has 1 fully saturated rings. The van der Waals surface area contributed by atoms with Crippen LogP contribution in [-0.2, 0) is 0 Å². The Hall–Kier alpha value is -1.33. The number of benzene rings is 1. The Bertz CT molecular complexity index is 551. The summed E-state index contributed by atoms with van der Waals surface area (Å²) >= 11 is 12.0. The van der Waals surface area contributed by atoms with Crippen molar-refractivity contribution in [1.29, 1.82) is 0 Å². The number of nitrogens with one attached hydrogen (secondary N) is 1. The maximum Gasteiger partial charge on any atom is 0.283 e. The molecule has 0 heterocycles. The van der Waals surface area contributed by atoms with Crippen LogP contribution in [0.15, 0.2) is 18.2 Å². The largest absolute Gasteiger partial charge is 0.351 e. The number of hydrogen-bond acceptors (Lipinski definition) is 3. The third-order valence-electron chi connectivity index (χ3n) is 3.69. The van der Waals surface area contributed by atoms with E-state index in [2.05, 4.69) is 5.32 Å². The molecule has 2 rings (SSSR count). The van der Waals surface area contributed by atoms with Crippen LogP contribution in [-0.4, -0.2) is 22.8 Å². The molecule has 0 radical (unpaired) electrons. The monoisotopic (exact) mass is 330 g/mol. The topological polar surface area (TPSA) is 72.2 Å². The number of halogens is 2. The zero-order chi connectivity index (χ0) is 15.4. The van der Waals surface area contributed by atoms with Gasteiger partial charge in [0.15, 0.2) is 0 Å². The van der Waals surface area contributed by atoms with Gasteiger partial charge in [-0.2, -0.15) is 0 Å². The van der Waals surface area contributed by atoms with Gasteiger partial charge in [0, 0.05) is 18.0 Å². The molecule has 0 aliphatic heterocycles. The quantitative estimate of drug-likeness (QED) is 0.518. The minimum Gasteiger partial charge on any atom is -0.351 e. The van der Waals surface area contributed by atoms with Gasteiger partial charge in [-0.15, -0.1) is 11.6 Å². The highest BCUT2D eigenvalue weighted by atomic mass is 35.5. The first-order valence-corrected chi connectivity index (χ1v) is 7.65. The van der Waals surface area contributed by atoms with E-state index in [-0.39, 0.29) is 21.7 Å². The van der Waals surface area contributed by atoms with Crippen LogP contribution in [0.4, 0.5) is 5.69 Å². The molecule has 7 heteroatoms. The van der Waals surface area contributed by atoms with Gasteiger partial charge in [-0.1, -0.05) is 24.1 Å². The Morgan fingerprint density at radius 1 is 1.43 bits per heavy atom. The molecular weight excluding hydrogens is 315 g/mol. The molecule has 0 bridgehead atoms. The molecule has 0 aromatic heterocycles. The normalized spacial score (nSPS) is 21.8. The summed E-state index contributed by atoms with van der Waals surface area (Å²) in [6, 6.07) is 4.20. The summed E-state index contributed by atoms with van der Waals surface area (Å²) in [7, 11) is 0. The fourth-order valence-corrected chi connectivity index (χ4v) is 3.29. The molecular formula is C14H16Cl2N2O3.